The van der Waals surface area contributed by atoms with Gasteiger partial charge in [0.2, 0.25) is 0 Å². The van der Waals surface area contributed by atoms with Gasteiger partial charge in [0.05, 0.1) is 11.6 Å². The number of hydrogen-bond donors (Lipinski definition) is 2. The first-order valence-electron chi connectivity index (χ1n) is 9.45. The molecule has 3 aromatic rings. The van der Waals surface area contributed by atoms with E-state index in [9.17, 15) is 14.7 Å². The highest BCUT2D eigenvalue weighted by Gasteiger charge is 2.46. The minimum Gasteiger partial charge on any atom is -0.503 e. The molecule has 1 unspecified atom stereocenters. The lowest BCUT2D eigenvalue weighted by Crippen LogP contribution is -2.31. The number of amides is 1. The second kappa shape index (κ2) is 7.08. The number of Topliss-reactive ketones (excluding diaryl/α,β-unsaturated/α-hetero) is 1. The fourth-order valence-corrected chi connectivity index (χ4v) is 4.17. The molecule has 1 amide bonds. The van der Waals surface area contributed by atoms with Crippen molar-refractivity contribution in [2.45, 2.75) is 26.8 Å². The summed E-state index contributed by atoms with van der Waals surface area (Å²) in [5.74, 6) is -1.73. The Morgan fingerprint density at radius 2 is 1.90 bits per heavy atom. The van der Waals surface area contributed by atoms with E-state index in [1.165, 1.54) is 4.90 Å². The maximum Gasteiger partial charge on any atom is 0.294 e. The van der Waals surface area contributed by atoms with Crippen molar-refractivity contribution in [3.63, 3.8) is 0 Å². The van der Waals surface area contributed by atoms with Crippen molar-refractivity contribution in [2.75, 3.05) is 4.90 Å². The van der Waals surface area contributed by atoms with Gasteiger partial charge < -0.3 is 10.1 Å². The molecule has 0 fully saturated rings. The van der Waals surface area contributed by atoms with Crippen LogP contribution in [0.2, 0.25) is 5.02 Å². The number of hydrogen-bond acceptors (Lipinski definition) is 3. The van der Waals surface area contributed by atoms with Crippen LogP contribution in [0.1, 0.15) is 31.1 Å². The summed E-state index contributed by atoms with van der Waals surface area (Å²) in [6, 6.07) is 13.8. The van der Waals surface area contributed by atoms with Crippen molar-refractivity contribution < 1.29 is 14.7 Å². The van der Waals surface area contributed by atoms with E-state index in [-0.39, 0.29) is 17.3 Å². The fraction of sp³-hybridized carbons (Fsp3) is 0.217. The summed E-state index contributed by atoms with van der Waals surface area (Å²) in [5.41, 5.74) is 3.18. The molecule has 5 nitrogen and oxygen atoms in total. The second-order valence-electron chi connectivity index (χ2n) is 7.55. The van der Waals surface area contributed by atoms with Crippen LogP contribution in [0, 0.1) is 12.8 Å². The first kappa shape index (κ1) is 19.3. The average molecular weight is 409 g/mol. The number of aliphatic hydroxyl groups excluding tert-OH is 1. The van der Waals surface area contributed by atoms with Gasteiger partial charge in [-0.2, -0.15) is 0 Å². The van der Waals surface area contributed by atoms with Crippen LogP contribution in [0.5, 0.6) is 0 Å². The van der Waals surface area contributed by atoms with Crippen LogP contribution in [0.25, 0.3) is 10.9 Å². The number of anilines is 1. The van der Waals surface area contributed by atoms with Gasteiger partial charge in [-0.05, 0) is 31.2 Å². The van der Waals surface area contributed by atoms with Gasteiger partial charge in [0.25, 0.3) is 5.91 Å². The number of rotatable bonds is 4. The molecule has 0 spiro atoms. The zero-order chi connectivity index (χ0) is 20.9. The SMILES string of the molecule is Cc1[nH]c2ccccc2c1C1C(C(=O)C(C)C)=C(O)C(=O)N1c1cccc(Cl)c1. The van der Waals surface area contributed by atoms with E-state index in [1.807, 2.05) is 31.2 Å². The molecule has 29 heavy (non-hydrogen) atoms. The third-order valence-electron chi connectivity index (χ3n) is 5.30. The Kier molecular flexibility index (Phi) is 4.71. The molecule has 6 heteroatoms. The van der Waals surface area contributed by atoms with E-state index in [2.05, 4.69) is 4.98 Å². The van der Waals surface area contributed by atoms with Crippen molar-refractivity contribution in [1.29, 1.82) is 0 Å². The maximum absolute atomic E-state index is 13.1. The lowest BCUT2D eigenvalue weighted by molar-refractivity contribution is -0.119. The zero-order valence-corrected chi connectivity index (χ0v) is 17.1. The molecule has 1 aliphatic heterocycles. The molecule has 0 bridgehead atoms. The Morgan fingerprint density at radius 1 is 1.17 bits per heavy atom. The van der Waals surface area contributed by atoms with Crippen LogP contribution >= 0.6 is 11.6 Å². The van der Waals surface area contributed by atoms with Crippen LogP contribution in [0.3, 0.4) is 0 Å². The summed E-state index contributed by atoms with van der Waals surface area (Å²) in [6.07, 6.45) is 0. The number of halogens is 1. The van der Waals surface area contributed by atoms with Crippen molar-refractivity contribution in [1.82, 2.24) is 4.98 Å². The molecular weight excluding hydrogens is 388 g/mol. The molecule has 148 valence electrons. The monoisotopic (exact) mass is 408 g/mol. The van der Waals surface area contributed by atoms with Gasteiger partial charge in [-0.25, -0.2) is 0 Å². The molecule has 1 aliphatic rings. The second-order valence-corrected chi connectivity index (χ2v) is 7.98. The highest BCUT2D eigenvalue weighted by Crippen LogP contribution is 2.45. The van der Waals surface area contributed by atoms with Crippen molar-refractivity contribution in [2.24, 2.45) is 5.92 Å². The van der Waals surface area contributed by atoms with Crippen molar-refractivity contribution >= 4 is 39.9 Å². The predicted molar refractivity (Wildman–Crippen MR) is 114 cm³/mol. The van der Waals surface area contributed by atoms with Gasteiger partial charge >= 0.3 is 0 Å². The number of para-hydroxylation sites is 1. The van der Waals surface area contributed by atoms with E-state index in [1.54, 1.807) is 38.1 Å². The molecule has 0 saturated carbocycles. The first-order valence-corrected chi connectivity index (χ1v) is 9.82. The predicted octanol–water partition coefficient (Wildman–Crippen LogP) is 5.25. The maximum atomic E-state index is 13.1. The summed E-state index contributed by atoms with van der Waals surface area (Å²) in [5, 5.41) is 12.1. The average Bonchev–Trinajstić information content (AvgIpc) is 3.14. The smallest absolute Gasteiger partial charge is 0.294 e. The number of aromatic nitrogens is 1. The number of carbonyl (C=O) groups is 2. The van der Waals surface area contributed by atoms with Gasteiger partial charge in [-0.1, -0.05) is 49.7 Å². The van der Waals surface area contributed by atoms with Crippen LogP contribution < -0.4 is 4.90 Å². The number of nitrogens with one attached hydrogen (secondary N) is 1. The number of fused-ring (bicyclic) bond motifs is 1. The third kappa shape index (κ3) is 3.02. The number of aryl methyl sites for hydroxylation is 1. The molecule has 2 N–H and O–H groups in total. The fourth-order valence-electron chi connectivity index (χ4n) is 3.98. The van der Waals surface area contributed by atoms with E-state index in [0.29, 0.717) is 10.7 Å². The highest BCUT2D eigenvalue weighted by molar-refractivity contribution is 6.31. The number of aromatic amines is 1. The van der Waals surface area contributed by atoms with Crippen LogP contribution in [0.15, 0.2) is 59.9 Å². The van der Waals surface area contributed by atoms with Gasteiger partial charge in [-0.15, -0.1) is 0 Å². The van der Waals surface area contributed by atoms with Crippen LogP contribution in [-0.4, -0.2) is 21.8 Å². The molecule has 2 heterocycles. The molecule has 0 saturated heterocycles. The Morgan fingerprint density at radius 3 is 2.59 bits per heavy atom. The highest BCUT2D eigenvalue weighted by atomic mass is 35.5. The normalized spacial score (nSPS) is 17.1. The zero-order valence-electron chi connectivity index (χ0n) is 16.4. The Balaban J connectivity index is 2.01. The van der Waals surface area contributed by atoms with E-state index >= 15 is 0 Å². The summed E-state index contributed by atoms with van der Waals surface area (Å²) in [7, 11) is 0. The van der Waals surface area contributed by atoms with Gasteiger partial charge in [-0.3, -0.25) is 14.5 Å². The van der Waals surface area contributed by atoms with Gasteiger partial charge in [0.15, 0.2) is 11.5 Å². The minimum atomic E-state index is -0.744. The van der Waals surface area contributed by atoms with E-state index in [4.69, 9.17) is 11.6 Å². The lowest BCUT2D eigenvalue weighted by Gasteiger charge is -2.27. The van der Waals surface area contributed by atoms with Gasteiger partial charge in [0.1, 0.15) is 0 Å². The molecule has 2 aromatic carbocycles. The summed E-state index contributed by atoms with van der Waals surface area (Å²) in [6.45, 7) is 5.42. The van der Waals surface area contributed by atoms with Crippen molar-refractivity contribution in [3.05, 3.63) is 76.1 Å². The molecule has 1 atom stereocenters. The quantitative estimate of drug-likeness (QED) is 0.618. The van der Waals surface area contributed by atoms with Crippen LogP contribution in [0.4, 0.5) is 5.69 Å². The number of H-pyrrole nitrogens is 1. The molecule has 0 radical (unpaired) electrons. The summed E-state index contributed by atoms with van der Waals surface area (Å²) < 4.78 is 0. The van der Waals surface area contributed by atoms with Crippen molar-refractivity contribution in [3.8, 4) is 0 Å². The third-order valence-corrected chi connectivity index (χ3v) is 5.54. The Hall–Kier alpha value is -3.05. The molecular formula is C23H21ClN2O3. The molecule has 0 aliphatic carbocycles. The summed E-state index contributed by atoms with van der Waals surface area (Å²) >= 11 is 6.17. The van der Waals surface area contributed by atoms with E-state index < -0.39 is 17.7 Å². The minimum absolute atomic E-state index is 0.123. The van der Waals surface area contributed by atoms with Crippen LogP contribution in [-0.2, 0) is 9.59 Å². The Labute approximate surface area is 173 Å². The lowest BCUT2D eigenvalue weighted by atomic mass is 9.89. The standard InChI is InChI=1S/C23H21ClN2O3/c1-12(2)21(27)19-20(18-13(3)25-17-10-5-4-9-16(17)18)26(23(29)22(19)28)15-8-6-7-14(24)11-15/h4-12,20,25,28H,1-3H3. The van der Waals surface area contributed by atoms with Gasteiger partial charge in [0, 0.05) is 38.8 Å². The number of aliphatic hydroxyl groups is 1. The number of nitrogens with zero attached hydrogens (tertiary/aromatic N) is 1. The number of ketones is 1. The first-order chi connectivity index (χ1) is 13.8. The summed E-state index contributed by atoms with van der Waals surface area (Å²) in [4.78, 5) is 31.0. The molecule has 4 rings (SSSR count). The number of carbonyl (C=O) groups excluding carboxylic acids is 2. The largest absolute Gasteiger partial charge is 0.503 e. The molecule has 1 aromatic heterocycles. The Bertz CT molecular complexity index is 1180. The topological polar surface area (TPSA) is 73.4 Å². The van der Waals surface area contributed by atoms with E-state index in [0.717, 1.165) is 22.2 Å². The number of benzene rings is 2.